The Hall–Kier alpha value is -2.08. The third-order valence-electron chi connectivity index (χ3n) is 2.88. The number of hydrogen-bond acceptors (Lipinski definition) is 5. The van der Waals surface area contributed by atoms with E-state index >= 15 is 0 Å². The number of nitrogens with zero attached hydrogens (tertiary/aromatic N) is 1. The van der Waals surface area contributed by atoms with Crippen LogP contribution in [0.5, 0.6) is 11.5 Å². The van der Waals surface area contributed by atoms with Crippen LogP contribution in [0.3, 0.4) is 0 Å². The zero-order valence-corrected chi connectivity index (χ0v) is 13.0. The van der Waals surface area contributed by atoms with Crippen molar-refractivity contribution in [3.63, 3.8) is 0 Å². The largest absolute Gasteiger partial charge is 0.497 e. The first-order valence-corrected chi connectivity index (χ1v) is 7.55. The van der Waals surface area contributed by atoms with E-state index in [1.165, 1.54) is 11.3 Å². The van der Waals surface area contributed by atoms with Crippen LogP contribution in [0, 0.1) is 5.41 Å². The molecule has 3 N–H and O–H groups in total. The van der Waals surface area contributed by atoms with E-state index in [0.29, 0.717) is 6.61 Å². The molecule has 21 heavy (non-hydrogen) atoms. The number of aromatic nitrogens is 1. The first-order valence-electron chi connectivity index (χ1n) is 6.73. The highest BCUT2D eigenvalue weighted by atomic mass is 32.1. The molecule has 5 nitrogen and oxygen atoms in total. The van der Waals surface area contributed by atoms with E-state index in [9.17, 15) is 0 Å². The lowest BCUT2D eigenvalue weighted by molar-refractivity contribution is 0.303. The zero-order chi connectivity index (χ0) is 15.2. The van der Waals surface area contributed by atoms with Crippen LogP contribution in [-0.4, -0.2) is 17.9 Å². The summed E-state index contributed by atoms with van der Waals surface area (Å²) in [6.45, 7) is 2.44. The van der Waals surface area contributed by atoms with Gasteiger partial charge in [-0.25, -0.2) is 4.98 Å². The molecule has 0 spiro atoms. The van der Waals surface area contributed by atoms with Gasteiger partial charge >= 0.3 is 0 Å². The molecule has 6 heteroatoms. The number of amidine groups is 1. The summed E-state index contributed by atoms with van der Waals surface area (Å²) in [6.07, 6.45) is 1.80. The summed E-state index contributed by atoms with van der Waals surface area (Å²) in [4.78, 5) is 5.27. The Bertz CT molecular complexity index is 625. The summed E-state index contributed by atoms with van der Waals surface area (Å²) < 4.78 is 10.9. The van der Waals surface area contributed by atoms with Crippen molar-refractivity contribution in [2.24, 2.45) is 5.73 Å². The Kier molecular flexibility index (Phi) is 5.16. The van der Waals surface area contributed by atoms with E-state index in [2.05, 4.69) is 11.9 Å². The lowest BCUT2D eigenvalue weighted by Crippen LogP contribution is -2.11. The zero-order valence-electron chi connectivity index (χ0n) is 12.2. The van der Waals surface area contributed by atoms with Crippen LogP contribution in [-0.2, 0) is 13.0 Å². The fraction of sp³-hybridized carbons (Fsp3) is 0.333. The number of nitrogen functional groups attached to an aromatic ring is 1. The molecular weight excluding hydrogens is 286 g/mol. The topological polar surface area (TPSA) is 81.2 Å². The average molecular weight is 305 g/mol. The van der Waals surface area contributed by atoms with Crippen LogP contribution in [0.25, 0.3) is 0 Å². The van der Waals surface area contributed by atoms with Gasteiger partial charge in [-0.15, -0.1) is 11.3 Å². The summed E-state index contributed by atoms with van der Waals surface area (Å²) in [5.74, 6) is 1.55. The number of aryl methyl sites for hydroxylation is 1. The van der Waals surface area contributed by atoms with Gasteiger partial charge in [0.25, 0.3) is 0 Å². The molecule has 0 unspecified atom stereocenters. The number of methoxy groups -OCH3 is 1. The van der Waals surface area contributed by atoms with Crippen LogP contribution >= 0.6 is 11.3 Å². The summed E-state index contributed by atoms with van der Waals surface area (Å²) >= 11 is 1.42. The van der Waals surface area contributed by atoms with E-state index in [0.717, 1.165) is 39.9 Å². The van der Waals surface area contributed by atoms with Crippen molar-refractivity contribution in [3.8, 4) is 11.5 Å². The van der Waals surface area contributed by atoms with Crippen LogP contribution in [0.15, 0.2) is 24.3 Å². The van der Waals surface area contributed by atoms with Crippen molar-refractivity contribution in [1.29, 1.82) is 5.41 Å². The standard InChI is InChI=1S/C15H19N3O2S/c1-3-5-12-14(15(16)17)21-13(18-12)9-20-11-7-4-6-10(8-11)19-2/h4,6-8H,3,5,9H2,1-2H3,(H3,16,17). The van der Waals surface area contributed by atoms with Gasteiger partial charge in [-0.05, 0) is 18.6 Å². The molecule has 0 radical (unpaired) electrons. The molecule has 0 atom stereocenters. The van der Waals surface area contributed by atoms with Crippen LogP contribution in [0.1, 0.15) is 28.9 Å². The average Bonchev–Trinajstić information content (AvgIpc) is 2.89. The minimum absolute atomic E-state index is 0.0728. The second-order valence-electron chi connectivity index (χ2n) is 4.51. The third-order valence-corrected chi connectivity index (χ3v) is 3.98. The molecule has 0 fully saturated rings. The highest BCUT2D eigenvalue weighted by Gasteiger charge is 2.13. The van der Waals surface area contributed by atoms with Crippen molar-refractivity contribution in [3.05, 3.63) is 39.8 Å². The Morgan fingerprint density at radius 3 is 2.81 bits per heavy atom. The molecule has 2 rings (SSSR count). The number of ether oxygens (including phenoxy) is 2. The molecule has 0 bridgehead atoms. The number of thiazole rings is 1. The number of benzene rings is 1. The molecule has 0 saturated carbocycles. The molecule has 2 aromatic rings. The number of nitrogens with one attached hydrogen (secondary N) is 1. The second kappa shape index (κ2) is 7.08. The van der Waals surface area contributed by atoms with Gasteiger partial charge in [0.1, 0.15) is 28.9 Å². The summed E-state index contributed by atoms with van der Waals surface area (Å²) in [5.41, 5.74) is 6.49. The third kappa shape index (κ3) is 3.95. The number of hydrogen-bond donors (Lipinski definition) is 2. The molecule has 0 aliphatic carbocycles. The predicted octanol–water partition coefficient (Wildman–Crippen LogP) is 2.97. The normalized spacial score (nSPS) is 10.4. The molecular formula is C15H19N3O2S. The van der Waals surface area contributed by atoms with Gasteiger partial charge in [-0.3, -0.25) is 5.41 Å². The number of nitrogens with two attached hydrogens (primary N) is 1. The van der Waals surface area contributed by atoms with E-state index in [1.807, 2.05) is 24.3 Å². The fourth-order valence-corrected chi connectivity index (χ4v) is 2.80. The summed E-state index contributed by atoms with van der Waals surface area (Å²) in [5, 5.41) is 8.43. The van der Waals surface area contributed by atoms with E-state index in [1.54, 1.807) is 7.11 Å². The molecule has 0 amide bonds. The lowest BCUT2D eigenvalue weighted by Gasteiger charge is -2.05. The van der Waals surface area contributed by atoms with Gasteiger partial charge in [0.05, 0.1) is 17.7 Å². The first-order chi connectivity index (χ1) is 10.1. The molecule has 0 saturated heterocycles. The minimum atomic E-state index is 0.0728. The monoisotopic (exact) mass is 305 g/mol. The molecule has 1 aromatic heterocycles. The molecule has 112 valence electrons. The Labute approximate surface area is 128 Å². The maximum atomic E-state index is 7.61. The van der Waals surface area contributed by atoms with Crippen molar-refractivity contribution in [2.75, 3.05) is 7.11 Å². The van der Waals surface area contributed by atoms with Gasteiger partial charge in [0.2, 0.25) is 0 Å². The first kappa shape index (κ1) is 15.3. The van der Waals surface area contributed by atoms with Gasteiger partial charge < -0.3 is 15.2 Å². The van der Waals surface area contributed by atoms with Crippen LogP contribution < -0.4 is 15.2 Å². The van der Waals surface area contributed by atoms with Gasteiger partial charge in [0.15, 0.2) is 0 Å². The summed E-state index contributed by atoms with van der Waals surface area (Å²) in [6, 6.07) is 7.43. The fourth-order valence-electron chi connectivity index (χ4n) is 1.92. The van der Waals surface area contributed by atoms with Crippen molar-refractivity contribution in [1.82, 2.24) is 4.98 Å². The highest BCUT2D eigenvalue weighted by molar-refractivity contribution is 7.13. The van der Waals surface area contributed by atoms with Crippen LogP contribution in [0.2, 0.25) is 0 Å². The van der Waals surface area contributed by atoms with E-state index in [-0.39, 0.29) is 5.84 Å². The molecule has 0 aliphatic rings. The Morgan fingerprint density at radius 2 is 2.14 bits per heavy atom. The Morgan fingerprint density at radius 1 is 1.38 bits per heavy atom. The SMILES string of the molecule is CCCc1nc(COc2cccc(OC)c2)sc1C(=N)N. The van der Waals surface area contributed by atoms with Crippen molar-refractivity contribution < 1.29 is 9.47 Å². The maximum absolute atomic E-state index is 7.61. The van der Waals surface area contributed by atoms with Gasteiger partial charge in [-0.2, -0.15) is 0 Å². The maximum Gasteiger partial charge on any atom is 0.140 e. The van der Waals surface area contributed by atoms with E-state index in [4.69, 9.17) is 20.6 Å². The Balaban J connectivity index is 2.09. The summed E-state index contributed by atoms with van der Waals surface area (Å²) in [7, 11) is 1.62. The lowest BCUT2D eigenvalue weighted by atomic mass is 10.2. The predicted molar refractivity (Wildman–Crippen MR) is 84.5 cm³/mol. The minimum Gasteiger partial charge on any atom is -0.497 e. The molecule has 0 aliphatic heterocycles. The van der Waals surface area contributed by atoms with Gasteiger partial charge in [-0.1, -0.05) is 19.4 Å². The molecule has 1 aromatic carbocycles. The van der Waals surface area contributed by atoms with Crippen molar-refractivity contribution >= 4 is 17.2 Å². The number of rotatable bonds is 7. The highest BCUT2D eigenvalue weighted by Crippen LogP contribution is 2.23. The quantitative estimate of drug-likeness (QED) is 0.608. The smallest absolute Gasteiger partial charge is 0.140 e. The molecule has 1 heterocycles. The van der Waals surface area contributed by atoms with E-state index < -0.39 is 0 Å². The second-order valence-corrected chi connectivity index (χ2v) is 5.60. The van der Waals surface area contributed by atoms with Gasteiger partial charge in [0, 0.05) is 6.07 Å². The van der Waals surface area contributed by atoms with Crippen molar-refractivity contribution in [2.45, 2.75) is 26.4 Å². The van der Waals surface area contributed by atoms with Crippen LogP contribution in [0.4, 0.5) is 0 Å².